The van der Waals surface area contributed by atoms with E-state index in [1.165, 1.54) is 0 Å². The molecule has 8 heteroatoms. The summed E-state index contributed by atoms with van der Waals surface area (Å²) in [5.74, 6) is 1.26. The number of benzene rings is 2. The fourth-order valence-electron chi connectivity index (χ4n) is 4.22. The highest BCUT2D eigenvalue weighted by molar-refractivity contribution is 7.80. The fraction of sp³-hybridized carbons (Fsp3) is 0.179. The molecule has 0 radical (unpaired) electrons. The number of rotatable bonds is 6. The van der Waals surface area contributed by atoms with Gasteiger partial charge in [0.15, 0.2) is 5.11 Å². The molecule has 6 nitrogen and oxygen atoms in total. The van der Waals surface area contributed by atoms with Gasteiger partial charge in [0, 0.05) is 23.4 Å². The second-order valence-electron chi connectivity index (χ2n) is 8.87. The minimum Gasteiger partial charge on any atom is -0.459 e. The van der Waals surface area contributed by atoms with Gasteiger partial charge in [-0.25, -0.2) is 0 Å². The lowest BCUT2D eigenvalue weighted by Crippen LogP contribution is -2.29. The number of nitrogens with zero attached hydrogens (tertiary/aromatic N) is 2. The van der Waals surface area contributed by atoms with Gasteiger partial charge in [-0.3, -0.25) is 9.78 Å². The van der Waals surface area contributed by atoms with E-state index >= 15 is 0 Å². The van der Waals surface area contributed by atoms with Crippen molar-refractivity contribution in [3.8, 4) is 11.3 Å². The van der Waals surface area contributed by atoms with Crippen molar-refractivity contribution in [2.45, 2.75) is 25.9 Å². The number of aromatic nitrogens is 1. The topological polar surface area (TPSA) is 70.4 Å². The van der Waals surface area contributed by atoms with E-state index in [-0.39, 0.29) is 23.9 Å². The Labute approximate surface area is 220 Å². The van der Waals surface area contributed by atoms with E-state index in [0.29, 0.717) is 15.8 Å². The third-order valence-corrected chi connectivity index (χ3v) is 6.72. The molecule has 0 unspecified atom stereocenters. The maximum absolute atomic E-state index is 12.2. The number of pyridine rings is 1. The maximum Gasteiger partial charge on any atom is 0.226 e. The lowest BCUT2D eigenvalue weighted by atomic mass is 10.0. The lowest BCUT2D eigenvalue weighted by molar-refractivity contribution is -0.118. The lowest BCUT2D eigenvalue weighted by Gasteiger charge is -2.26. The summed E-state index contributed by atoms with van der Waals surface area (Å²) in [4.78, 5) is 18.8. The second-order valence-corrected chi connectivity index (χ2v) is 9.67. The number of halogens is 1. The van der Waals surface area contributed by atoms with Gasteiger partial charge in [-0.15, -0.1) is 0 Å². The van der Waals surface area contributed by atoms with Crippen LogP contribution in [0.15, 0.2) is 89.5 Å². The summed E-state index contributed by atoms with van der Waals surface area (Å²) in [6, 6.07) is 24.7. The van der Waals surface area contributed by atoms with E-state index in [1.54, 1.807) is 18.3 Å². The van der Waals surface area contributed by atoms with Crippen LogP contribution >= 0.6 is 23.8 Å². The average molecular weight is 517 g/mol. The van der Waals surface area contributed by atoms with E-state index in [2.05, 4.69) is 15.6 Å². The number of thiocarbonyl (C=S) groups is 1. The van der Waals surface area contributed by atoms with Crippen LogP contribution in [0.4, 0.5) is 11.4 Å². The minimum atomic E-state index is -0.308. The molecule has 0 spiro atoms. The molecule has 1 fully saturated rings. The van der Waals surface area contributed by atoms with Crippen molar-refractivity contribution in [1.29, 1.82) is 0 Å². The van der Waals surface area contributed by atoms with Gasteiger partial charge < -0.3 is 20.0 Å². The normalized spacial score (nSPS) is 17.3. The van der Waals surface area contributed by atoms with Gasteiger partial charge in [-0.1, -0.05) is 61.8 Å². The molecule has 4 aromatic rings. The Morgan fingerprint density at radius 1 is 1.08 bits per heavy atom. The van der Waals surface area contributed by atoms with Gasteiger partial charge in [-0.05, 0) is 54.7 Å². The molecule has 1 saturated heterocycles. The van der Waals surface area contributed by atoms with Gasteiger partial charge in [0.1, 0.15) is 17.6 Å². The predicted molar refractivity (Wildman–Crippen MR) is 147 cm³/mol. The van der Waals surface area contributed by atoms with E-state index in [4.69, 9.17) is 28.2 Å². The summed E-state index contributed by atoms with van der Waals surface area (Å²) in [5.41, 5.74) is 3.17. The van der Waals surface area contributed by atoms with Gasteiger partial charge in [0.25, 0.3) is 0 Å². The molecule has 0 saturated carbocycles. The molecule has 3 heterocycles. The van der Waals surface area contributed by atoms with Gasteiger partial charge in [0.2, 0.25) is 5.91 Å². The van der Waals surface area contributed by atoms with Crippen LogP contribution in [0.3, 0.4) is 0 Å². The number of carbonyl (C=O) groups excluding carboxylic acids is 1. The SMILES string of the molecule is CC(C)C(=O)Nc1ccc(N2C(=S)N[C@@H](c3ccccn3)[C@@H]2c2ccc(-c3ccccc3)o2)cc1Cl. The minimum absolute atomic E-state index is 0.0971. The second kappa shape index (κ2) is 10.1. The van der Waals surface area contributed by atoms with Crippen LogP contribution in [0.25, 0.3) is 11.3 Å². The molecule has 1 aliphatic heterocycles. The van der Waals surface area contributed by atoms with E-state index in [9.17, 15) is 4.79 Å². The summed E-state index contributed by atoms with van der Waals surface area (Å²) in [5, 5.41) is 7.25. The first-order chi connectivity index (χ1) is 17.4. The molecular formula is C28H25ClN4O2S. The molecule has 2 aromatic carbocycles. The first-order valence-electron chi connectivity index (χ1n) is 11.7. The first-order valence-corrected chi connectivity index (χ1v) is 12.5. The van der Waals surface area contributed by atoms with Crippen molar-refractivity contribution in [2.24, 2.45) is 5.92 Å². The molecule has 2 atom stereocenters. The molecule has 0 bridgehead atoms. The van der Waals surface area contributed by atoms with Crippen LogP contribution < -0.4 is 15.5 Å². The van der Waals surface area contributed by atoms with Crippen LogP contribution in [-0.2, 0) is 4.79 Å². The Kier molecular flexibility index (Phi) is 6.76. The summed E-state index contributed by atoms with van der Waals surface area (Å²) < 4.78 is 6.38. The van der Waals surface area contributed by atoms with Crippen LogP contribution in [-0.4, -0.2) is 16.0 Å². The van der Waals surface area contributed by atoms with Crippen molar-refractivity contribution in [3.05, 3.63) is 102 Å². The number of hydrogen-bond donors (Lipinski definition) is 2. The number of amides is 1. The van der Waals surface area contributed by atoms with Crippen molar-refractivity contribution in [3.63, 3.8) is 0 Å². The third kappa shape index (κ3) is 4.72. The van der Waals surface area contributed by atoms with E-state index in [0.717, 1.165) is 28.5 Å². The average Bonchev–Trinajstić information content (AvgIpc) is 3.51. The molecular weight excluding hydrogens is 492 g/mol. The Bertz CT molecular complexity index is 1390. The van der Waals surface area contributed by atoms with Crippen LogP contribution in [0.5, 0.6) is 0 Å². The molecule has 1 amide bonds. The number of carbonyl (C=O) groups is 1. The molecule has 36 heavy (non-hydrogen) atoms. The van der Waals surface area contributed by atoms with Gasteiger partial charge in [0.05, 0.1) is 22.4 Å². The summed E-state index contributed by atoms with van der Waals surface area (Å²) in [7, 11) is 0. The molecule has 5 rings (SSSR count). The Morgan fingerprint density at radius 3 is 2.56 bits per heavy atom. The van der Waals surface area contributed by atoms with E-state index < -0.39 is 0 Å². The fourth-order valence-corrected chi connectivity index (χ4v) is 4.79. The number of anilines is 2. The quantitative estimate of drug-likeness (QED) is 0.276. The van der Waals surface area contributed by atoms with E-state index in [1.807, 2.05) is 85.5 Å². The molecule has 182 valence electrons. The molecule has 0 aliphatic carbocycles. The zero-order valence-electron chi connectivity index (χ0n) is 19.8. The first kappa shape index (κ1) is 24.0. The van der Waals surface area contributed by atoms with Crippen molar-refractivity contribution in [1.82, 2.24) is 10.3 Å². The highest BCUT2D eigenvalue weighted by Gasteiger charge is 2.42. The molecule has 2 N–H and O–H groups in total. The highest BCUT2D eigenvalue weighted by atomic mass is 35.5. The van der Waals surface area contributed by atoms with Crippen molar-refractivity contribution in [2.75, 3.05) is 10.2 Å². The smallest absolute Gasteiger partial charge is 0.226 e. The Balaban J connectivity index is 1.54. The Morgan fingerprint density at radius 2 is 1.86 bits per heavy atom. The number of hydrogen-bond acceptors (Lipinski definition) is 4. The number of furan rings is 1. The van der Waals surface area contributed by atoms with Gasteiger partial charge in [-0.2, -0.15) is 0 Å². The van der Waals surface area contributed by atoms with Crippen LogP contribution in [0.2, 0.25) is 5.02 Å². The van der Waals surface area contributed by atoms with Crippen molar-refractivity contribution >= 4 is 46.2 Å². The zero-order chi connectivity index (χ0) is 25.2. The molecule has 1 aliphatic rings. The Hall–Kier alpha value is -3.68. The third-order valence-electron chi connectivity index (χ3n) is 6.09. The number of nitrogens with one attached hydrogen (secondary N) is 2. The maximum atomic E-state index is 12.2. The summed E-state index contributed by atoms with van der Waals surface area (Å²) >= 11 is 12.4. The zero-order valence-corrected chi connectivity index (χ0v) is 21.4. The van der Waals surface area contributed by atoms with Gasteiger partial charge >= 0.3 is 0 Å². The highest BCUT2D eigenvalue weighted by Crippen LogP contribution is 2.44. The summed E-state index contributed by atoms with van der Waals surface area (Å²) in [6.45, 7) is 3.67. The standard InChI is InChI=1S/C28H25ClN4O2S/c1-17(2)27(34)31-21-12-11-19(16-20(21)29)33-26(25(32-28(33)36)22-10-6-7-15-30-22)24-14-13-23(35-24)18-8-4-3-5-9-18/h3-17,25-26H,1-2H3,(H,31,34)(H,32,36)/t25-,26-/m0/s1. The van der Waals surface area contributed by atoms with Crippen LogP contribution in [0.1, 0.15) is 37.4 Å². The van der Waals surface area contributed by atoms with Crippen molar-refractivity contribution < 1.29 is 9.21 Å². The monoisotopic (exact) mass is 516 g/mol. The van der Waals surface area contributed by atoms with Crippen LogP contribution in [0, 0.1) is 5.92 Å². The molecule has 2 aromatic heterocycles. The largest absolute Gasteiger partial charge is 0.459 e. The predicted octanol–water partition coefficient (Wildman–Crippen LogP) is 6.77. The summed E-state index contributed by atoms with van der Waals surface area (Å²) in [6.07, 6.45) is 1.76.